The highest BCUT2D eigenvalue weighted by Gasteiger charge is 2.33. The van der Waals surface area contributed by atoms with Crippen LogP contribution in [-0.4, -0.2) is 11.7 Å². The minimum Gasteiger partial charge on any atom is -0.396 e. The van der Waals surface area contributed by atoms with Gasteiger partial charge in [0.15, 0.2) is 0 Å². The molecule has 68 valence electrons. The van der Waals surface area contributed by atoms with Gasteiger partial charge in [0.2, 0.25) is 0 Å². The topological polar surface area (TPSA) is 20.2 Å². The number of aliphatic hydroxyl groups is 1. The van der Waals surface area contributed by atoms with Gasteiger partial charge < -0.3 is 5.11 Å². The summed E-state index contributed by atoms with van der Waals surface area (Å²) in [5.74, 6) is 0.370. The fourth-order valence-corrected chi connectivity index (χ4v) is 1.85. The van der Waals surface area contributed by atoms with E-state index in [0.29, 0.717) is 5.92 Å². The van der Waals surface area contributed by atoms with Gasteiger partial charge in [-0.3, -0.25) is 0 Å². The highest BCUT2D eigenvalue weighted by Crippen LogP contribution is 2.39. The molecule has 0 fully saturated rings. The van der Waals surface area contributed by atoms with Gasteiger partial charge in [-0.05, 0) is 16.7 Å². The molecular formula is C10H22O. The van der Waals surface area contributed by atoms with Crippen LogP contribution in [0.5, 0.6) is 0 Å². The molecule has 0 aliphatic carbocycles. The van der Waals surface area contributed by atoms with Crippen molar-refractivity contribution in [3.8, 4) is 0 Å². The van der Waals surface area contributed by atoms with Crippen LogP contribution in [0, 0.1) is 16.7 Å². The van der Waals surface area contributed by atoms with Crippen LogP contribution in [0.4, 0.5) is 0 Å². The van der Waals surface area contributed by atoms with Crippen molar-refractivity contribution in [2.75, 3.05) is 6.61 Å². The first kappa shape index (κ1) is 11.0. The second-order valence-corrected chi connectivity index (χ2v) is 5.47. The van der Waals surface area contributed by atoms with E-state index in [-0.39, 0.29) is 17.4 Å². The average molecular weight is 158 g/mol. The fraction of sp³-hybridized carbons (Fsp3) is 1.00. The molecule has 0 saturated carbocycles. The maximum atomic E-state index is 9.20. The van der Waals surface area contributed by atoms with E-state index in [1.807, 2.05) is 0 Å². The van der Waals surface area contributed by atoms with Crippen molar-refractivity contribution >= 4 is 0 Å². The molecule has 0 aromatic carbocycles. The van der Waals surface area contributed by atoms with Gasteiger partial charge in [0.1, 0.15) is 0 Å². The Balaban J connectivity index is 4.43. The molecule has 0 saturated heterocycles. The molecule has 0 aromatic heterocycles. The Kier molecular flexibility index (Phi) is 3.13. The Morgan fingerprint density at radius 3 is 1.18 bits per heavy atom. The lowest BCUT2D eigenvalue weighted by Crippen LogP contribution is -2.35. The second-order valence-electron chi connectivity index (χ2n) is 5.47. The number of hydrogen-bond acceptors (Lipinski definition) is 1. The summed E-state index contributed by atoms with van der Waals surface area (Å²) in [5.41, 5.74) is 0.403. The third kappa shape index (κ3) is 3.24. The van der Waals surface area contributed by atoms with E-state index in [9.17, 15) is 5.11 Å². The highest BCUT2D eigenvalue weighted by molar-refractivity contribution is 4.82. The molecule has 0 rings (SSSR count). The molecule has 0 aliphatic rings. The number of rotatable bonds is 1. The van der Waals surface area contributed by atoms with Crippen molar-refractivity contribution < 1.29 is 5.11 Å². The number of aliphatic hydroxyl groups excluding tert-OH is 1. The molecule has 1 N–H and O–H groups in total. The van der Waals surface area contributed by atoms with Gasteiger partial charge in [-0.1, -0.05) is 41.5 Å². The minimum absolute atomic E-state index is 0.201. The summed E-state index contributed by atoms with van der Waals surface area (Å²) in [6, 6.07) is 0. The maximum absolute atomic E-state index is 9.20. The van der Waals surface area contributed by atoms with Gasteiger partial charge in [0.05, 0.1) is 0 Å². The Hall–Kier alpha value is -0.0400. The van der Waals surface area contributed by atoms with E-state index in [2.05, 4.69) is 41.5 Å². The fourth-order valence-electron chi connectivity index (χ4n) is 1.85. The molecule has 0 bridgehead atoms. The minimum atomic E-state index is 0.201. The standard InChI is InChI=1S/C10H22O/c1-9(2,3)8(7-11)10(4,5)6/h8,11H,7H2,1-6H3. The first-order valence-electron chi connectivity index (χ1n) is 4.30. The molecule has 0 unspecified atom stereocenters. The smallest absolute Gasteiger partial charge is 0.0469 e. The summed E-state index contributed by atoms with van der Waals surface area (Å²) in [4.78, 5) is 0. The van der Waals surface area contributed by atoms with Crippen LogP contribution in [0.15, 0.2) is 0 Å². The molecule has 1 heteroatoms. The van der Waals surface area contributed by atoms with Gasteiger partial charge in [0, 0.05) is 6.61 Å². The predicted octanol–water partition coefficient (Wildman–Crippen LogP) is 2.69. The molecule has 1 nitrogen and oxygen atoms in total. The predicted molar refractivity (Wildman–Crippen MR) is 49.5 cm³/mol. The van der Waals surface area contributed by atoms with E-state index in [4.69, 9.17) is 0 Å². The molecular weight excluding hydrogens is 136 g/mol. The van der Waals surface area contributed by atoms with Crippen LogP contribution >= 0.6 is 0 Å². The van der Waals surface area contributed by atoms with Crippen molar-refractivity contribution in [1.82, 2.24) is 0 Å². The van der Waals surface area contributed by atoms with E-state index in [0.717, 1.165) is 0 Å². The zero-order chi connectivity index (χ0) is 9.28. The lowest BCUT2D eigenvalue weighted by atomic mass is 9.67. The monoisotopic (exact) mass is 158 g/mol. The van der Waals surface area contributed by atoms with Crippen molar-refractivity contribution in [3.63, 3.8) is 0 Å². The molecule has 0 heterocycles. The molecule has 0 atom stereocenters. The van der Waals surface area contributed by atoms with Gasteiger partial charge in [-0.15, -0.1) is 0 Å². The third-order valence-electron chi connectivity index (χ3n) is 2.27. The van der Waals surface area contributed by atoms with E-state index >= 15 is 0 Å². The summed E-state index contributed by atoms with van der Waals surface area (Å²) in [5, 5.41) is 9.20. The van der Waals surface area contributed by atoms with Gasteiger partial charge in [-0.25, -0.2) is 0 Å². The third-order valence-corrected chi connectivity index (χ3v) is 2.27. The van der Waals surface area contributed by atoms with Crippen molar-refractivity contribution in [2.24, 2.45) is 16.7 Å². The summed E-state index contributed by atoms with van der Waals surface area (Å²) < 4.78 is 0. The van der Waals surface area contributed by atoms with Gasteiger partial charge in [0.25, 0.3) is 0 Å². The molecule has 0 aromatic rings. The summed E-state index contributed by atoms with van der Waals surface area (Å²) in [7, 11) is 0. The largest absolute Gasteiger partial charge is 0.396 e. The van der Waals surface area contributed by atoms with Crippen LogP contribution in [0.3, 0.4) is 0 Å². The quantitative estimate of drug-likeness (QED) is 0.622. The Bertz CT molecular complexity index is 99.8. The van der Waals surface area contributed by atoms with Crippen LogP contribution in [0.2, 0.25) is 0 Å². The van der Waals surface area contributed by atoms with Crippen LogP contribution in [0.1, 0.15) is 41.5 Å². The molecule has 11 heavy (non-hydrogen) atoms. The van der Waals surface area contributed by atoms with Gasteiger partial charge >= 0.3 is 0 Å². The lowest BCUT2D eigenvalue weighted by molar-refractivity contribution is 0.0406. The van der Waals surface area contributed by atoms with E-state index in [1.165, 1.54) is 0 Å². The van der Waals surface area contributed by atoms with Crippen LogP contribution in [-0.2, 0) is 0 Å². The second kappa shape index (κ2) is 3.14. The first-order chi connectivity index (χ1) is 4.69. The Morgan fingerprint density at radius 1 is 0.909 bits per heavy atom. The Labute approximate surface area is 70.8 Å². The highest BCUT2D eigenvalue weighted by atomic mass is 16.3. The van der Waals surface area contributed by atoms with Crippen LogP contribution in [0.25, 0.3) is 0 Å². The lowest BCUT2D eigenvalue weighted by Gasteiger charge is -2.39. The van der Waals surface area contributed by atoms with Crippen molar-refractivity contribution in [2.45, 2.75) is 41.5 Å². The Morgan fingerprint density at radius 2 is 1.18 bits per heavy atom. The van der Waals surface area contributed by atoms with E-state index in [1.54, 1.807) is 0 Å². The molecule has 0 spiro atoms. The van der Waals surface area contributed by atoms with Crippen molar-refractivity contribution in [1.29, 1.82) is 0 Å². The normalized spacial score (nSPS) is 14.2. The zero-order valence-electron chi connectivity index (χ0n) is 8.73. The van der Waals surface area contributed by atoms with E-state index < -0.39 is 0 Å². The molecule has 0 aliphatic heterocycles. The summed E-state index contributed by atoms with van der Waals surface area (Å²) >= 11 is 0. The average Bonchev–Trinajstić information content (AvgIpc) is 1.56. The molecule has 0 radical (unpaired) electrons. The first-order valence-corrected chi connectivity index (χ1v) is 4.30. The summed E-state index contributed by atoms with van der Waals surface area (Å²) in [6.07, 6.45) is 0. The molecule has 0 amide bonds. The van der Waals surface area contributed by atoms with Gasteiger partial charge in [-0.2, -0.15) is 0 Å². The number of hydrogen-bond donors (Lipinski definition) is 1. The van der Waals surface area contributed by atoms with Crippen LogP contribution < -0.4 is 0 Å². The summed E-state index contributed by atoms with van der Waals surface area (Å²) in [6.45, 7) is 13.4. The SMILES string of the molecule is CC(C)(C)C(CO)C(C)(C)C. The zero-order valence-corrected chi connectivity index (χ0v) is 8.73. The van der Waals surface area contributed by atoms with Crippen molar-refractivity contribution in [3.05, 3.63) is 0 Å². The maximum Gasteiger partial charge on any atom is 0.0469 e.